The van der Waals surface area contributed by atoms with Crippen LogP contribution in [0.15, 0.2) is 23.1 Å². The first-order valence-corrected chi connectivity index (χ1v) is 8.23. The zero-order chi connectivity index (χ0) is 15.3. The van der Waals surface area contributed by atoms with Gasteiger partial charge in [-0.3, -0.25) is 0 Å². The molecular formula is C14H23FN2O2S. The van der Waals surface area contributed by atoms with Crippen molar-refractivity contribution in [3.05, 3.63) is 29.6 Å². The zero-order valence-electron chi connectivity index (χ0n) is 12.5. The number of halogens is 1. The summed E-state index contributed by atoms with van der Waals surface area (Å²) in [6.07, 6.45) is 1.40. The Kier molecular flexibility index (Phi) is 6.10. The predicted molar refractivity (Wildman–Crippen MR) is 78.5 cm³/mol. The van der Waals surface area contributed by atoms with Gasteiger partial charge in [0, 0.05) is 19.6 Å². The van der Waals surface area contributed by atoms with E-state index in [4.69, 9.17) is 0 Å². The lowest BCUT2D eigenvalue weighted by Crippen LogP contribution is -2.36. The Balaban J connectivity index is 3.23. The highest BCUT2D eigenvalue weighted by Crippen LogP contribution is 2.23. The molecule has 1 aromatic rings. The first kappa shape index (κ1) is 17.1. The number of hydrogen-bond acceptors (Lipinski definition) is 3. The molecule has 6 heteroatoms. The van der Waals surface area contributed by atoms with Crippen molar-refractivity contribution in [3.63, 3.8) is 0 Å². The van der Waals surface area contributed by atoms with Gasteiger partial charge in [-0.2, -0.15) is 4.31 Å². The molecular weight excluding hydrogens is 279 g/mol. The number of sulfonamides is 1. The average Bonchev–Trinajstić information content (AvgIpc) is 2.42. The van der Waals surface area contributed by atoms with Gasteiger partial charge in [0.25, 0.3) is 0 Å². The number of nitrogens with zero attached hydrogens (tertiary/aromatic N) is 1. The van der Waals surface area contributed by atoms with Gasteiger partial charge in [0.2, 0.25) is 10.0 Å². The minimum absolute atomic E-state index is 0.118. The molecule has 0 bridgehead atoms. The predicted octanol–water partition coefficient (Wildman–Crippen LogP) is 2.35. The largest absolute Gasteiger partial charge is 0.316 e. The molecule has 0 saturated carbocycles. The molecule has 0 radical (unpaired) electrons. The summed E-state index contributed by atoms with van der Waals surface area (Å²) in [7, 11) is -0.534. The molecule has 0 saturated heterocycles. The fraction of sp³-hybridized carbons (Fsp3) is 0.571. The quantitative estimate of drug-likeness (QED) is 0.841. The molecule has 1 N–H and O–H groups in total. The Labute approximate surface area is 121 Å². The fourth-order valence-corrected chi connectivity index (χ4v) is 3.83. The van der Waals surface area contributed by atoms with E-state index in [2.05, 4.69) is 5.32 Å². The van der Waals surface area contributed by atoms with Crippen molar-refractivity contribution in [3.8, 4) is 0 Å². The average molecular weight is 302 g/mol. The van der Waals surface area contributed by atoms with E-state index in [1.54, 1.807) is 13.1 Å². The first-order valence-electron chi connectivity index (χ1n) is 6.79. The second-order valence-electron chi connectivity index (χ2n) is 4.79. The Bertz CT molecular complexity index is 542. The molecule has 0 fully saturated rings. The molecule has 0 aliphatic heterocycles. The number of nitrogens with one attached hydrogen (secondary N) is 1. The van der Waals surface area contributed by atoms with E-state index in [-0.39, 0.29) is 10.9 Å². The molecule has 0 aliphatic rings. The van der Waals surface area contributed by atoms with Crippen molar-refractivity contribution < 1.29 is 12.8 Å². The molecule has 0 aliphatic carbocycles. The lowest BCUT2D eigenvalue weighted by molar-refractivity contribution is 0.348. The molecule has 20 heavy (non-hydrogen) atoms. The van der Waals surface area contributed by atoms with E-state index in [0.717, 1.165) is 5.56 Å². The van der Waals surface area contributed by atoms with E-state index >= 15 is 0 Å². The molecule has 0 heterocycles. The molecule has 0 amide bonds. The molecule has 0 atom stereocenters. The molecule has 4 nitrogen and oxygen atoms in total. The van der Waals surface area contributed by atoms with Crippen molar-refractivity contribution >= 4 is 10.0 Å². The lowest BCUT2D eigenvalue weighted by Gasteiger charge is -2.25. The summed E-state index contributed by atoms with van der Waals surface area (Å²) in [5, 5.41) is 2.93. The monoisotopic (exact) mass is 302 g/mol. The third kappa shape index (κ3) is 3.56. The van der Waals surface area contributed by atoms with E-state index in [0.29, 0.717) is 19.4 Å². The van der Waals surface area contributed by atoms with Gasteiger partial charge in [0.05, 0.1) is 0 Å². The third-order valence-electron chi connectivity index (χ3n) is 3.49. The van der Waals surface area contributed by atoms with Crippen molar-refractivity contribution in [2.75, 3.05) is 14.1 Å². The summed E-state index contributed by atoms with van der Waals surface area (Å²) in [6.45, 7) is 4.35. The van der Waals surface area contributed by atoms with Crippen LogP contribution in [0.1, 0.15) is 32.3 Å². The highest BCUT2D eigenvalue weighted by molar-refractivity contribution is 7.89. The van der Waals surface area contributed by atoms with Crippen LogP contribution in [0.2, 0.25) is 0 Å². The van der Waals surface area contributed by atoms with Crippen molar-refractivity contribution in [2.45, 2.75) is 44.2 Å². The van der Waals surface area contributed by atoms with Crippen LogP contribution in [0.3, 0.4) is 0 Å². The van der Waals surface area contributed by atoms with E-state index < -0.39 is 15.8 Å². The maximum absolute atomic E-state index is 13.9. The van der Waals surface area contributed by atoms with Crippen LogP contribution in [0.4, 0.5) is 4.39 Å². The van der Waals surface area contributed by atoms with Crippen molar-refractivity contribution in [1.82, 2.24) is 9.62 Å². The van der Waals surface area contributed by atoms with E-state index in [9.17, 15) is 12.8 Å². The SMILES string of the molecule is CCC(CC)N(C)S(=O)(=O)c1cc(CNC)ccc1F. The van der Waals surface area contributed by atoms with Crippen LogP contribution in [-0.2, 0) is 16.6 Å². The molecule has 0 unspecified atom stereocenters. The minimum Gasteiger partial charge on any atom is -0.316 e. The van der Waals surface area contributed by atoms with Crippen LogP contribution in [0.25, 0.3) is 0 Å². The van der Waals surface area contributed by atoms with Gasteiger partial charge in [-0.1, -0.05) is 19.9 Å². The minimum atomic E-state index is -3.80. The summed E-state index contributed by atoms with van der Waals surface area (Å²) >= 11 is 0. The fourth-order valence-electron chi connectivity index (χ4n) is 2.21. The number of benzene rings is 1. The summed E-state index contributed by atoms with van der Waals surface area (Å²) in [5.74, 6) is -0.706. The van der Waals surface area contributed by atoms with Crippen LogP contribution >= 0.6 is 0 Å². The van der Waals surface area contributed by atoms with Gasteiger partial charge in [-0.05, 0) is 37.6 Å². The summed E-state index contributed by atoms with van der Waals surface area (Å²) in [4.78, 5) is -0.250. The maximum Gasteiger partial charge on any atom is 0.245 e. The van der Waals surface area contributed by atoms with Gasteiger partial charge in [-0.25, -0.2) is 12.8 Å². The normalized spacial score (nSPS) is 12.3. The number of hydrogen-bond donors (Lipinski definition) is 1. The molecule has 114 valence electrons. The van der Waals surface area contributed by atoms with Gasteiger partial charge >= 0.3 is 0 Å². The molecule has 1 rings (SSSR count). The van der Waals surface area contributed by atoms with Crippen LogP contribution in [-0.4, -0.2) is 32.9 Å². The molecule has 0 spiro atoms. The Morgan fingerprint density at radius 3 is 2.40 bits per heavy atom. The summed E-state index contributed by atoms with van der Waals surface area (Å²) in [6, 6.07) is 4.08. The maximum atomic E-state index is 13.9. The van der Waals surface area contributed by atoms with Crippen LogP contribution < -0.4 is 5.32 Å². The Morgan fingerprint density at radius 2 is 1.90 bits per heavy atom. The standard InChI is InChI=1S/C14H23FN2O2S/c1-5-12(6-2)17(4)20(18,19)14-9-11(10-16-3)7-8-13(14)15/h7-9,12,16H,5-6,10H2,1-4H3. The second kappa shape index (κ2) is 7.15. The highest BCUT2D eigenvalue weighted by atomic mass is 32.2. The van der Waals surface area contributed by atoms with E-state index in [1.807, 2.05) is 13.8 Å². The topological polar surface area (TPSA) is 49.4 Å². The summed E-state index contributed by atoms with van der Waals surface area (Å²) in [5.41, 5.74) is 0.741. The van der Waals surface area contributed by atoms with Gasteiger partial charge in [0.15, 0.2) is 0 Å². The lowest BCUT2D eigenvalue weighted by atomic mass is 10.2. The molecule has 0 aromatic heterocycles. The van der Waals surface area contributed by atoms with Crippen molar-refractivity contribution in [1.29, 1.82) is 0 Å². The van der Waals surface area contributed by atoms with Gasteiger partial charge in [0.1, 0.15) is 10.7 Å². The first-order chi connectivity index (χ1) is 9.38. The second-order valence-corrected chi connectivity index (χ2v) is 6.75. The van der Waals surface area contributed by atoms with Gasteiger partial charge in [-0.15, -0.1) is 0 Å². The zero-order valence-corrected chi connectivity index (χ0v) is 13.3. The third-order valence-corrected chi connectivity index (χ3v) is 5.42. The van der Waals surface area contributed by atoms with Crippen LogP contribution in [0, 0.1) is 5.82 Å². The Hall–Kier alpha value is -0.980. The van der Waals surface area contributed by atoms with Gasteiger partial charge < -0.3 is 5.32 Å². The summed E-state index contributed by atoms with van der Waals surface area (Å²) < 4.78 is 40.3. The smallest absolute Gasteiger partial charge is 0.245 e. The highest BCUT2D eigenvalue weighted by Gasteiger charge is 2.28. The Morgan fingerprint density at radius 1 is 1.30 bits per heavy atom. The van der Waals surface area contributed by atoms with Crippen molar-refractivity contribution in [2.24, 2.45) is 0 Å². The number of rotatable bonds is 7. The molecule has 1 aromatic carbocycles. The van der Waals surface area contributed by atoms with E-state index in [1.165, 1.54) is 23.5 Å². The van der Waals surface area contributed by atoms with Crippen LogP contribution in [0.5, 0.6) is 0 Å².